The second kappa shape index (κ2) is 4.18. The number of nitrogens with zero attached hydrogens (tertiary/aromatic N) is 1. The van der Waals surface area contributed by atoms with E-state index in [9.17, 15) is 9.59 Å². The molecule has 5 nitrogen and oxygen atoms in total. The highest BCUT2D eigenvalue weighted by Crippen LogP contribution is 2.21. The molecular weight excluding hydrogens is 240 g/mol. The summed E-state index contributed by atoms with van der Waals surface area (Å²) >= 11 is 1.17. The Morgan fingerprint density at radius 2 is 2.18 bits per heavy atom. The minimum atomic E-state index is -0.484. The van der Waals surface area contributed by atoms with E-state index >= 15 is 0 Å². The van der Waals surface area contributed by atoms with Crippen LogP contribution in [0.3, 0.4) is 0 Å². The Bertz CT molecular complexity index is 484. The van der Waals surface area contributed by atoms with E-state index in [0.29, 0.717) is 19.5 Å². The summed E-state index contributed by atoms with van der Waals surface area (Å²) in [6, 6.07) is 0. The number of thiazole rings is 1. The van der Waals surface area contributed by atoms with Gasteiger partial charge in [-0.05, 0) is 20.8 Å². The molecule has 1 aliphatic rings. The van der Waals surface area contributed by atoms with Gasteiger partial charge in [0, 0.05) is 23.5 Å². The molecule has 0 atom stereocenters. The van der Waals surface area contributed by atoms with Crippen molar-refractivity contribution in [1.82, 2.24) is 9.88 Å². The van der Waals surface area contributed by atoms with E-state index in [1.54, 1.807) is 4.90 Å². The lowest BCUT2D eigenvalue weighted by atomic mass is 10.2. The molecule has 0 radical (unpaired) electrons. The van der Waals surface area contributed by atoms with Gasteiger partial charge in [-0.25, -0.2) is 4.79 Å². The molecule has 1 N–H and O–H groups in total. The molecule has 1 aliphatic heterocycles. The van der Waals surface area contributed by atoms with Gasteiger partial charge in [0.05, 0.1) is 6.54 Å². The van der Waals surface area contributed by atoms with Crippen molar-refractivity contribution in [2.45, 2.75) is 39.3 Å². The molecule has 1 aromatic heterocycles. The largest absolute Gasteiger partial charge is 0.444 e. The predicted molar refractivity (Wildman–Crippen MR) is 65.3 cm³/mol. The van der Waals surface area contributed by atoms with Crippen LogP contribution < -0.4 is 4.87 Å². The second-order valence-corrected chi connectivity index (χ2v) is 6.14. The lowest BCUT2D eigenvalue weighted by Gasteiger charge is -2.29. The van der Waals surface area contributed by atoms with Crippen LogP contribution in [0.25, 0.3) is 0 Å². The standard InChI is InChI=1S/C11H16N2O3S/c1-11(2,3)16-10(15)13-5-4-7-8(6-13)17-9(14)12-7/h4-6H2,1-3H3,(H,12,14). The molecule has 0 aromatic carbocycles. The molecule has 6 heteroatoms. The van der Waals surface area contributed by atoms with E-state index in [-0.39, 0.29) is 11.0 Å². The van der Waals surface area contributed by atoms with Crippen molar-refractivity contribution in [3.8, 4) is 0 Å². The highest BCUT2D eigenvalue weighted by atomic mass is 32.1. The van der Waals surface area contributed by atoms with Gasteiger partial charge in [0.1, 0.15) is 5.60 Å². The molecule has 0 unspecified atom stereocenters. The van der Waals surface area contributed by atoms with Gasteiger partial charge in [-0.3, -0.25) is 4.79 Å². The summed E-state index contributed by atoms with van der Waals surface area (Å²) in [6.45, 7) is 6.58. The van der Waals surface area contributed by atoms with E-state index in [0.717, 1.165) is 10.6 Å². The van der Waals surface area contributed by atoms with Crippen molar-refractivity contribution in [3.63, 3.8) is 0 Å². The zero-order chi connectivity index (χ0) is 12.6. The fourth-order valence-electron chi connectivity index (χ4n) is 1.70. The summed E-state index contributed by atoms with van der Waals surface area (Å²) in [6.07, 6.45) is 0.372. The smallest absolute Gasteiger partial charge is 0.410 e. The van der Waals surface area contributed by atoms with E-state index in [1.807, 2.05) is 20.8 Å². The van der Waals surface area contributed by atoms with Crippen molar-refractivity contribution < 1.29 is 9.53 Å². The summed E-state index contributed by atoms with van der Waals surface area (Å²) in [4.78, 5) is 28.3. The third-order valence-electron chi connectivity index (χ3n) is 2.42. The normalized spacial score (nSPS) is 15.6. The Balaban J connectivity index is 2.07. The summed E-state index contributed by atoms with van der Waals surface area (Å²) in [5, 5.41) is 0. The van der Waals surface area contributed by atoms with Crippen LogP contribution >= 0.6 is 11.3 Å². The number of aromatic nitrogens is 1. The number of rotatable bonds is 0. The molecule has 0 bridgehead atoms. The Hall–Kier alpha value is -1.30. The van der Waals surface area contributed by atoms with E-state index in [1.165, 1.54) is 11.3 Å². The van der Waals surface area contributed by atoms with Crippen LogP contribution in [0.5, 0.6) is 0 Å². The molecule has 0 saturated carbocycles. The van der Waals surface area contributed by atoms with Crippen LogP contribution in [-0.4, -0.2) is 28.1 Å². The fourth-order valence-corrected chi connectivity index (χ4v) is 2.60. The Kier molecular flexibility index (Phi) is 2.99. The lowest BCUT2D eigenvalue weighted by molar-refractivity contribution is 0.0225. The first-order valence-corrected chi connectivity index (χ1v) is 6.35. The van der Waals surface area contributed by atoms with Gasteiger partial charge >= 0.3 is 11.0 Å². The SMILES string of the molecule is CC(C)(C)OC(=O)N1CCc2[nH]c(=O)sc2C1. The average Bonchev–Trinajstić information content (AvgIpc) is 2.53. The average molecular weight is 256 g/mol. The molecule has 0 saturated heterocycles. The Morgan fingerprint density at radius 1 is 1.47 bits per heavy atom. The number of carbonyl (C=O) groups is 1. The Labute approximate surface area is 103 Å². The van der Waals surface area contributed by atoms with Gasteiger partial charge in [-0.1, -0.05) is 11.3 Å². The van der Waals surface area contributed by atoms with Crippen molar-refractivity contribution in [3.05, 3.63) is 20.2 Å². The Morgan fingerprint density at radius 3 is 2.82 bits per heavy atom. The first-order chi connectivity index (χ1) is 7.85. The van der Waals surface area contributed by atoms with Gasteiger partial charge in [0.25, 0.3) is 0 Å². The number of aromatic amines is 1. The zero-order valence-corrected chi connectivity index (χ0v) is 11.0. The number of nitrogens with one attached hydrogen (secondary N) is 1. The lowest BCUT2D eigenvalue weighted by Crippen LogP contribution is -2.39. The third kappa shape index (κ3) is 2.88. The zero-order valence-electron chi connectivity index (χ0n) is 10.2. The molecule has 1 aromatic rings. The number of carbonyl (C=O) groups excluding carboxylic acids is 1. The molecule has 0 fully saturated rings. The third-order valence-corrected chi connectivity index (χ3v) is 3.33. The van der Waals surface area contributed by atoms with Gasteiger partial charge in [-0.15, -0.1) is 0 Å². The highest BCUT2D eigenvalue weighted by Gasteiger charge is 2.26. The maximum atomic E-state index is 11.9. The minimum Gasteiger partial charge on any atom is -0.444 e. The minimum absolute atomic E-state index is 0.0546. The van der Waals surface area contributed by atoms with Crippen LogP contribution in [-0.2, 0) is 17.7 Å². The van der Waals surface area contributed by atoms with Gasteiger partial charge < -0.3 is 14.6 Å². The summed E-state index contributed by atoms with van der Waals surface area (Å²) in [7, 11) is 0. The first-order valence-electron chi connectivity index (χ1n) is 5.54. The van der Waals surface area contributed by atoms with Crippen LogP contribution in [0.15, 0.2) is 4.79 Å². The monoisotopic (exact) mass is 256 g/mol. The number of hydrogen-bond acceptors (Lipinski definition) is 4. The molecule has 0 spiro atoms. The summed E-state index contributed by atoms with van der Waals surface area (Å²) in [5.74, 6) is 0. The number of ether oxygens (including phenoxy) is 1. The van der Waals surface area contributed by atoms with Crippen molar-refractivity contribution in [1.29, 1.82) is 0 Å². The second-order valence-electron chi connectivity index (χ2n) is 5.07. The van der Waals surface area contributed by atoms with Gasteiger partial charge in [0.15, 0.2) is 0 Å². The molecule has 0 aliphatic carbocycles. The number of fused-ring (bicyclic) bond motifs is 1. The molecule has 1 amide bonds. The van der Waals surface area contributed by atoms with Crippen LogP contribution in [0.2, 0.25) is 0 Å². The van der Waals surface area contributed by atoms with E-state index < -0.39 is 5.60 Å². The maximum Gasteiger partial charge on any atom is 0.410 e. The van der Waals surface area contributed by atoms with Crippen molar-refractivity contribution >= 4 is 17.4 Å². The molecule has 17 heavy (non-hydrogen) atoms. The number of amides is 1. The number of hydrogen-bond donors (Lipinski definition) is 1. The quantitative estimate of drug-likeness (QED) is 0.769. The topological polar surface area (TPSA) is 62.4 Å². The first kappa shape index (κ1) is 12.2. The van der Waals surface area contributed by atoms with E-state index in [2.05, 4.69) is 4.98 Å². The van der Waals surface area contributed by atoms with E-state index in [4.69, 9.17) is 4.74 Å². The summed E-state index contributed by atoms with van der Waals surface area (Å²) in [5.41, 5.74) is 0.475. The fraction of sp³-hybridized carbons (Fsp3) is 0.636. The van der Waals surface area contributed by atoms with Gasteiger partial charge in [0.2, 0.25) is 0 Å². The molecule has 94 valence electrons. The summed E-state index contributed by atoms with van der Waals surface area (Å²) < 4.78 is 5.30. The number of H-pyrrole nitrogens is 1. The maximum absolute atomic E-state index is 11.9. The van der Waals surface area contributed by atoms with Crippen LogP contribution in [0, 0.1) is 0 Å². The van der Waals surface area contributed by atoms with Crippen molar-refractivity contribution in [2.24, 2.45) is 0 Å². The molecule has 2 heterocycles. The van der Waals surface area contributed by atoms with Crippen LogP contribution in [0.4, 0.5) is 4.79 Å². The van der Waals surface area contributed by atoms with Gasteiger partial charge in [-0.2, -0.15) is 0 Å². The highest BCUT2D eigenvalue weighted by molar-refractivity contribution is 7.09. The van der Waals surface area contributed by atoms with Crippen LogP contribution in [0.1, 0.15) is 31.3 Å². The molecular formula is C11H16N2O3S. The molecule has 2 rings (SSSR count). The predicted octanol–water partition coefficient (Wildman–Crippen LogP) is 1.73. The van der Waals surface area contributed by atoms with Crippen molar-refractivity contribution in [2.75, 3.05) is 6.54 Å².